The molecule has 1 rings (SSSR count). The first-order valence-electron chi connectivity index (χ1n) is 11.2. The maximum Gasteiger partial charge on any atom is 0.409 e. The van der Waals surface area contributed by atoms with Crippen molar-refractivity contribution < 1.29 is 28.2 Å². The third kappa shape index (κ3) is 9.31. The summed E-state index contributed by atoms with van der Waals surface area (Å²) in [6, 6.07) is 9.48. The summed E-state index contributed by atoms with van der Waals surface area (Å²) in [6.07, 6.45) is -0.599. The zero-order valence-corrected chi connectivity index (χ0v) is 22.6. The van der Waals surface area contributed by atoms with Crippen molar-refractivity contribution in [2.75, 3.05) is 7.11 Å². The van der Waals surface area contributed by atoms with Crippen LogP contribution in [0.5, 0.6) is 0 Å². The number of hydrogen-bond donors (Lipinski definition) is 1. The number of carbonyl (C=O) groups is 2. The van der Waals surface area contributed by atoms with E-state index in [1.807, 2.05) is 64.6 Å². The maximum absolute atomic E-state index is 12.8. The Labute approximate surface area is 200 Å². The predicted molar refractivity (Wildman–Crippen MR) is 132 cm³/mol. The molecule has 0 aliphatic carbocycles. The van der Waals surface area contributed by atoms with E-state index in [2.05, 4.69) is 32.7 Å². The third-order valence-electron chi connectivity index (χ3n) is 5.38. The first-order valence-corrected chi connectivity index (χ1v) is 13.7. The molecule has 1 amide bonds. The summed E-state index contributed by atoms with van der Waals surface area (Å²) in [7, 11) is -1.54. The Hall–Kier alpha value is -2.16. The number of benzene rings is 1. The SMILES string of the molecule is C=C(C[C@H](C)O[Si](C)([C@@H](NC(=O)OCc1ccccc1)OC(C)(C)C)C(C)(C)C)C(=O)OC. The smallest absolute Gasteiger partial charge is 0.409 e. The summed E-state index contributed by atoms with van der Waals surface area (Å²) < 4.78 is 23.2. The second-order valence-electron chi connectivity index (χ2n) is 10.4. The van der Waals surface area contributed by atoms with Crippen LogP contribution >= 0.6 is 0 Å². The average Bonchev–Trinajstić information content (AvgIpc) is 2.69. The molecule has 0 radical (unpaired) electrons. The van der Waals surface area contributed by atoms with Gasteiger partial charge in [-0.05, 0) is 44.8 Å². The van der Waals surface area contributed by atoms with Gasteiger partial charge in [0.2, 0.25) is 8.32 Å². The van der Waals surface area contributed by atoms with Crippen molar-refractivity contribution in [3.8, 4) is 0 Å². The summed E-state index contributed by atoms with van der Waals surface area (Å²) in [5.74, 6) is -1.16. The zero-order valence-electron chi connectivity index (χ0n) is 21.6. The number of rotatable bonds is 10. The first-order chi connectivity index (χ1) is 15.1. The minimum Gasteiger partial charge on any atom is -0.466 e. The highest BCUT2D eigenvalue weighted by atomic mass is 28.4. The summed E-state index contributed by atoms with van der Waals surface area (Å²) in [6.45, 7) is 19.8. The fourth-order valence-electron chi connectivity index (χ4n) is 3.17. The van der Waals surface area contributed by atoms with E-state index in [1.165, 1.54) is 7.11 Å². The van der Waals surface area contributed by atoms with Gasteiger partial charge >= 0.3 is 12.1 Å². The van der Waals surface area contributed by atoms with Crippen molar-refractivity contribution in [3.05, 3.63) is 48.0 Å². The summed E-state index contributed by atoms with van der Waals surface area (Å²) in [5.41, 5.74) is 0.681. The molecular formula is C25H41NO6Si. The number of amides is 1. The number of methoxy groups -OCH3 is 1. The van der Waals surface area contributed by atoms with Crippen LogP contribution in [0.25, 0.3) is 0 Å². The van der Waals surface area contributed by atoms with Crippen molar-refractivity contribution >= 4 is 20.4 Å². The van der Waals surface area contributed by atoms with Crippen LogP contribution < -0.4 is 5.32 Å². The van der Waals surface area contributed by atoms with E-state index in [-0.39, 0.29) is 17.7 Å². The van der Waals surface area contributed by atoms with Gasteiger partial charge in [0.05, 0.1) is 12.7 Å². The average molecular weight is 480 g/mol. The molecule has 8 heteroatoms. The quantitative estimate of drug-likeness (QED) is 0.207. The summed E-state index contributed by atoms with van der Waals surface area (Å²) in [4.78, 5) is 24.6. The second-order valence-corrected chi connectivity index (χ2v) is 14.9. The minimum atomic E-state index is -2.86. The van der Waals surface area contributed by atoms with Crippen molar-refractivity contribution in [1.29, 1.82) is 0 Å². The molecule has 0 saturated heterocycles. The van der Waals surface area contributed by atoms with Gasteiger partial charge in [-0.25, -0.2) is 9.59 Å². The lowest BCUT2D eigenvalue weighted by molar-refractivity contribution is -0.136. The van der Waals surface area contributed by atoms with Crippen LogP contribution in [0.15, 0.2) is 42.5 Å². The number of alkyl carbamates (subject to hydrolysis) is 1. The maximum atomic E-state index is 12.8. The van der Waals surface area contributed by atoms with Crippen molar-refractivity contribution in [1.82, 2.24) is 5.32 Å². The van der Waals surface area contributed by atoms with Crippen LogP contribution in [0.2, 0.25) is 11.6 Å². The summed E-state index contributed by atoms with van der Waals surface area (Å²) in [5, 5.41) is 2.60. The molecule has 1 N–H and O–H groups in total. The standard InChI is InChI=1S/C25H41NO6Si/c1-18(21(27)29-9)16-19(2)32-33(10,25(6,7)8)23(31-24(3,4)5)26-22(28)30-17-20-14-12-11-13-15-20/h11-15,19,23H,1,16-17H2,2-10H3,(H,26,28)/t19-,23-,33?/m0/s1. The van der Waals surface area contributed by atoms with E-state index in [4.69, 9.17) is 18.6 Å². The molecule has 0 bridgehead atoms. The minimum absolute atomic E-state index is 0.152. The van der Waals surface area contributed by atoms with Gasteiger partial charge in [0.1, 0.15) is 12.5 Å². The van der Waals surface area contributed by atoms with Crippen LogP contribution in [-0.2, 0) is 30.0 Å². The number of hydrogen-bond acceptors (Lipinski definition) is 6. The van der Waals surface area contributed by atoms with E-state index in [9.17, 15) is 9.59 Å². The fourth-order valence-corrected chi connectivity index (χ4v) is 6.33. The molecule has 186 valence electrons. The molecule has 0 heterocycles. The van der Waals surface area contributed by atoms with Crippen molar-refractivity contribution in [2.45, 2.75) is 90.6 Å². The van der Waals surface area contributed by atoms with Crippen LogP contribution in [0, 0.1) is 0 Å². The van der Waals surface area contributed by atoms with Crippen LogP contribution in [0.3, 0.4) is 0 Å². The molecular weight excluding hydrogens is 438 g/mol. The topological polar surface area (TPSA) is 83.1 Å². The van der Waals surface area contributed by atoms with Crippen LogP contribution in [0.4, 0.5) is 4.79 Å². The lowest BCUT2D eigenvalue weighted by atomic mass is 10.1. The van der Waals surface area contributed by atoms with Gasteiger partial charge < -0.3 is 18.6 Å². The molecule has 0 aromatic heterocycles. The highest BCUT2D eigenvalue weighted by Crippen LogP contribution is 2.41. The molecule has 0 fully saturated rings. The highest BCUT2D eigenvalue weighted by molar-refractivity contribution is 6.76. The molecule has 3 atom stereocenters. The van der Waals surface area contributed by atoms with E-state index >= 15 is 0 Å². The zero-order chi connectivity index (χ0) is 25.4. The Morgan fingerprint density at radius 2 is 1.67 bits per heavy atom. The van der Waals surface area contributed by atoms with E-state index < -0.39 is 31.8 Å². The second kappa shape index (κ2) is 11.8. The number of ether oxygens (including phenoxy) is 3. The van der Waals surface area contributed by atoms with Gasteiger partial charge in [-0.15, -0.1) is 0 Å². The molecule has 7 nitrogen and oxygen atoms in total. The van der Waals surface area contributed by atoms with Gasteiger partial charge in [0.25, 0.3) is 0 Å². The Balaban J connectivity index is 3.10. The molecule has 1 aromatic carbocycles. The normalized spacial score (nSPS) is 15.7. The van der Waals surface area contributed by atoms with Gasteiger partial charge in [-0.2, -0.15) is 0 Å². The predicted octanol–water partition coefficient (Wildman–Crippen LogP) is 5.49. The molecule has 1 unspecified atom stereocenters. The lowest BCUT2D eigenvalue weighted by Crippen LogP contribution is -2.65. The van der Waals surface area contributed by atoms with E-state index in [1.54, 1.807) is 0 Å². The molecule has 0 spiro atoms. The fraction of sp³-hybridized carbons (Fsp3) is 0.600. The Morgan fingerprint density at radius 3 is 2.15 bits per heavy atom. The Bertz CT molecular complexity index is 799. The Kier molecular flexibility index (Phi) is 10.3. The Morgan fingerprint density at radius 1 is 1.09 bits per heavy atom. The number of carbonyl (C=O) groups excluding carboxylic acids is 2. The largest absolute Gasteiger partial charge is 0.466 e. The molecule has 0 saturated carbocycles. The van der Waals surface area contributed by atoms with Crippen LogP contribution in [-0.4, -0.2) is 45.0 Å². The van der Waals surface area contributed by atoms with Gasteiger partial charge in [-0.1, -0.05) is 57.7 Å². The van der Waals surface area contributed by atoms with Gasteiger partial charge in [0, 0.05) is 18.1 Å². The van der Waals surface area contributed by atoms with Gasteiger partial charge in [-0.3, -0.25) is 5.32 Å². The van der Waals surface area contributed by atoms with E-state index in [0.29, 0.717) is 12.0 Å². The highest BCUT2D eigenvalue weighted by Gasteiger charge is 2.52. The van der Waals surface area contributed by atoms with Gasteiger partial charge in [0.15, 0.2) is 0 Å². The van der Waals surface area contributed by atoms with Crippen molar-refractivity contribution in [3.63, 3.8) is 0 Å². The molecule has 1 aromatic rings. The number of esters is 1. The van der Waals surface area contributed by atoms with Crippen LogP contribution in [0.1, 0.15) is 60.5 Å². The third-order valence-corrected chi connectivity index (χ3v) is 10.5. The molecule has 0 aliphatic rings. The molecule has 33 heavy (non-hydrogen) atoms. The summed E-state index contributed by atoms with van der Waals surface area (Å²) >= 11 is 0. The molecule has 0 aliphatic heterocycles. The number of nitrogens with one attached hydrogen (secondary N) is 1. The lowest BCUT2D eigenvalue weighted by Gasteiger charge is -2.47. The van der Waals surface area contributed by atoms with Crippen molar-refractivity contribution in [2.24, 2.45) is 0 Å². The monoisotopic (exact) mass is 479 g/mol. The van der Waals surface area contributed by atoms with E-state index in [0.717, 1.165) is 5.56 Å². The first kappa shape index (κ1) is 28.9.